The van der Waals surface area contributed by atoms with Gasteiger partial charge in [0.05, 0.1) is 0 Å². The summed E-state index contributed by atoms with van der Waals surface area (Å²) >= 11 is 1.95. The first-order valence-corrected chi connectivity index (χ1v) is 7.68. The SMILES string of the molecule is CSCCCNC1CC(C)N(C2CC2)C1. The van der Waals surface area contributed by atoms with Gasteiger partial charge in [0, 0.05) is 24.7 Å². The third kappa shape index (κ3) is 3.36. The Hall–Kier alpha value is 0.270. The summed E-state index contributed by atoms with van der Waals surface area (Å²) in [7, 11) is 0. The van der Waals surface area contributed by atoms with Crippen LogP contribution in [0.2, 0.25) is 0 Å². The van der Waals surface area contributed by atoms with Crippen molar-refractivity contribution < 1.29 is 0 Å². The van der Waals surface area contributed by atoms with Gasteiger partial charge in [-0.3, -0.25) is 4.90 Å². The highest BCUT2D eigenvalue weighted by Crippen LogP contribution is 2.33. The van der Waals surface area contributed by atoms with Crippen LogP contribution < -0.4 is 5.32 Å². The third-order valence-electron chi connectivity index (χ3n) is 3.60. The zero-order valence-corrected chi connectivity index (χ0v) is 10.9. The standard InChI is InChI=1S/C12H24N2S/c1-10-8-11(13-6-3-7-15-2)9-14(10)12-4-5-12/h10-13H,3-9H2,1-2H3. The van der Waals surface area contributed by atoms with Crippen molar-refractivity contribution in [1.82, 2.24) is 10.2 Å². The number of hydrogen-bond donors (Lipinski definition) is 1. The second kappa shape index (κ2) is 5.55. The molecular formula is C12H24N2S. The molecular weight excluding hydrogens is 204 g/mol. The van der Waals surface area contributed by atoms with Crippen molar-refractivity contribution in [2.45, 2.75) is 50.7 Å². The average molecular weight is 228 g/mol. The number of nitrogens with zero attached hydrogens (tertiary/aromatic N) is 1. The van der Waals surface area contributed by atoms with Gasteiger partial charge in [-0.15, -0.1) is 0 Å². The van der Waals surface area contributed by atoms with E-state index in [0.29, 0.717) is 0 Å². The first-order valence-electron chi connectivity index (χ1n) is 6.29. The number of rotatable bonds is 6. The minimum Gasteiger partial charge on any atom is -0.313 e. The van der Waals surface area contributed by atoms with Gasteiger partial charge in [0.1, 0.15) is 0 Å². The van der Waals surface area contributed by atoms with Gasteiger partial charge in [0.15, 0.2) is 0 Å². The molecule has 0 amide bonds. The quantitative estimate of drug-likeness (QED) is 0.700. The van der Waals surface area contributed by atoms with Crippen LogP contribution in [0.25, 0.3) is 0 Å². The Morgan fingerprint density at radius 3 is 2.87 bits per heavy atom. The van der Waals surface area contributed by atoms with E-state index in [1.165, 1.54) is 44.5 Å². The average Bonchev–Trinajstić information content (AvgIpc) is 2.99. The smallest absolute Gasteiger partial charge is 0.0210 e. The normalized spacial score (nSPS) is 32.4. The molecule has 88 valence electrons. The Labute approximate surface area is 98.2 Å². The van der Waals surface area contributed by atoms with Crippen molar-refractivity contribution >= 4 is 11.8 Å². The van der Waals surface area contributed by atoms with Crippen LogP contribution in [0.3, 0.4) is 0 Å². The zero-order chi connectivity index (χ0) is 10.7. The largest absolute Gasteiger partial charge is 0.313 e. The van der Waals surface area contributed by atoms with E-state index in [4.69, 9.17) is 0 Å². The van der Waals surface area contributed by atoms with Crippen LogP contribution in [-0.2, 0) is 0 Å². The maximum Gasteiger partial charge on any atom is 0.0210 e. The van der Waals surface area contributed by atoms with Crippen LogP contribution in [0.5, 0.6) is 0 Å². The molecule has 3 heteroatoms. The molecule has 0 aromatic carbocycles. The molecule has 1 aliphatic heterocycles. The topological polar surface area (TPSA) is 15.3 Å². The highest BCUT2D eigenvalue weighted by atomic mass is 32.2. The summed E-state index contributed by atoms with van der Waals surface area (Å²) in [6.07, 6.45) is 7.75. The molecule has 0 bridgehead atoms. The first kappa shape index (κ1) is 11.7. The maximum absolute atomic E-state index is 3.70. The number of hydrogen-bond acceptors (Lipinski definition) is 3. The fourth-order valence-electron chi connectivity index (χ4n) is 2.64. The summed E-state index contributed by atoms with van der Waals surface area (Å²) in [4.78, 5) is 2.71. The minimum atomic E-state index is 0.766. The molecule has 2 fully saturated rings. The van der Waals surface area contributed by atoms with Gasteiger partial charge in [0.2, 0.25) is 0 Å². The lowest BCUT2D eigenvalue weighted by atomic mass is 10.2. The van der Waals surface area contributed by atoms with E-state index >= 15 is 0 Å². The van der Waals surface area contributed by atoms with Gasteiger partial charge in [0.25, 0.3) is 0 Å². The van der Waals surface area contributed by atoms with Crippen LogP contribution in [0, 0.1) is 0 Å². The number of likely N-dealkylation sites (tertiary alicyclic amines) is 1. The Balaban J connectivity index is 1.63. The molecule has 2 aliphatic rings. The van der Waals surface area contributed by atoms with Crippen LogP contribution in [0.15, 0.2) is 0 Å². The van der Waals surface area contributed by atoms with Gasteiger partial charge >= 0.3 is 0 Å². The summed E-state index contributed by atoms with van der Waals surface area (Å²) < 4.78 is 0. The molecule has 1 heterocycles. The third-order valence-corrected chi connectivity index (χ3v) is 4.29. The van der Waals surface area contributed by atoms with Gasteiger partial charge in [-0.05, 0) is 51.2 Å². The van der Waals surface area contributed by atoms with E-state index in [-0.39, 0.29) is 0 Å². The van der Waals surface area contributed by atoms with Crippen LogP contribution in [-0.4, -0.2) is 48.1 Å². The van der Waals surface area contributed by atoms with E-state index in [1.807, 2.05) is 11.8 Å². The van der Waals surface area contributed by atoms with E-state index < -0.39 is 0 Å². The highest BCUT2D eigenvalue weighted by Gasteiger charge is 2.38. The second-order valence-corrected chi connectivity index (χ2v) is 6.00. The van der Waals surface area contributed by atoms with Crippen molar-refractivity contribution in [3.8, 4) is 0 Å². The molecule has 0 spiro atoms. The van der Waals surface area contributed by atoms with Crippen LogP contribution in [0.4, 0.5) is 0 Å². The lowest BCUT2D eigenvalue weighted by molar-refractivity contribution is 0.255. The van der Waals surface area contributed by atoms with E-state index in [2.05, 4.69) is 23.4 Å². The number of nitrogens with one attached hydrogen (secondary N) is 1. The predicted molar refractivity (Wildman–Crippen MR) is 68.6 cm³/mol. The van der Waals surface area contributed by atoms with Crippen molar-refractivity contribution in [3.05, 3.63) is 0 Å². The lowest BCUT2D eigenvalue weighted by Gasteiger charge is -2.19. The Bertz CT molecular complexity index is 194. The second-order valence-electron chi connectivity index (χ2n) is 5.01. The Morgan fingerprint density at radius 1 is 1.40 bits per heavy atom. The molecule has 1 N–H and O–H groups in total. The molecule has 2 nitrogen and oxygen atoms in total. The fourth-order valence-corrected chi connectivity index (χ4v) is 3.07. The molecule has 0 radical (unpaired) electrons. The van der Waals surface area contributed by atoms with Crippen molar-refractivity contribution in [2.24, 2.45) is 0 Å². The van der Waals surface area contributed by atoms with E-state index in [0.717, 1.165) is 18.1 Å². The molecule has 0 aromatic heterocycles. The van der Waals surface area contributed by atoms with E-state index in [9.17, 15) is 0 Å². The van der Waals surface area contributed by atoms with Gasteiger partial charge in [-0.25, -0.2) is 0 Å². The first-order chi connectivity index (χ1) is 7.31. The molecule has 15 heavy (non-hydrogen) atoms. The molecule has 0 aromatic rings. The van der Waals surface area contributed by atoms with Gasteiger partial charge < -0.3 is 5.32 Å². The highest BCUT2D eigenvalue weighted by molar-refractivity contribution is 7.98. The molecule has 1 saturated heterocycles. The predicted octanol–water partition coefficient (Wildman–Crippen LogP) is 1.95. The lowest BCUT2D eigenvalue weighted by Crippen LogP contribution is -2.34. The molecule has 2 unspecified atom stereocenters. The molecule has 1 aliphatic carbocycles. The van der Waals surface area contributed by atoms with Crippen molar-refractivity contribution in [1.29, 1.82) is 0 Å². The number of thioether (sulfide) groups is 1. The zero-order valence-electron chi connectivity index (χ0n) is 10.0. The van der Waals surface area contributed by atoms with Crippen molar-refractivity contribution in [3.63, 3.8) is 0 Å². The summed E-state index contributed by atoms with van der Waals surface area (Å²) in [6.45, 7) is 4.89. The fraction of sp³-hybridized carbons (Fsp3) is 1.00. The van der Waals surface area contributed by atoms with Crippen LogP contribution in [0.1, 0.15) is 32.6 Å². The molecule has 2 atom stereocenters. The van der Waals surface area contributed by atoms with Crippen molar-refractivity contribution in [2.75, 3.05) is 25.1 Å². The summed E-state index contributed by atoms with van der Waals surface area (Å²) in [6, 6.07) is 2.52. The van der Waals surface area contributed by atoms with E-state index in [1.54, 1.807) is 0 Å². The monoisotopic (exact) mass is 228 g/mol. The van der Waals surface area contributed by atoms with Crippen LogP contribution >= 0.6 is 11.8 Å². The minimum absolute atomic E-state index is 0.766. The summed E-state index contributed by atoms with van der Waals surface area (Å²) in [5, 5.41) is 3.70. The van der Waals surface area contributed by atoms with Gasteiger partial charge in [-0.1, -0.05) is 0 Å². The Kier molecular flexibility index (Phi) is 4.35. The van der Waals surface area contributed by atoms with Gasteiger partial charge in [-0.2, -0.15) is 11.8 Å². The molecule has 2 rings (SSSR count). The summed E-state index contributed by atoms with van der Waals surface area (Å²) in [5.41, 5.74) is 0. The summed E-state index contributed by atoms with van der Waals surface area (Å²) in [5.74, 6) is 1.29. The Morgan fingerprint density at radius 2 is 2.20 bits per heavy atom. The maximum atomic E-state index is 3.70. The molecule has 1 saturated carbocycles.